The summed E-state index contributed by atoms with van der Waals surface area (Å²) in [5.74, 6) is 0.281. The van der Waals surface area contributed by atoms with Gasteiger partial charge in [-0.25, -0.2) is 0 Å². The normalized spacial score (nSPS) is 15.4. The van der Waals surface area contributed by atoms with Crippen LogP contribution < -0.4 is 15.0 Å². The summed E-state index contributed by atoms with van der Waals surface area (Å²) in [7, 11) is 0. The molecule has 1 aliphatic rings. The van der Waals surface area contributed by atoms with Crippen molar-refractivity contribution in [3.05, 3.63) is 105 Å². The molecular weight excluding hydrogens is 414 g/mol. The number of fused-ring (bicyclic) bond motifs is 3. The highest BCUT2D eigenvalue weighted by Crippen LogP contribution is 2.40. The summed E-state index contributed by atoms with van der Waals surface area (Å²) >= 11 is 6.18. The van der Waals surface area contributed by atoms with E-state index in [9.17, 15) is 9.59 Å². The van der Waals surface area contributed by atoms with E-state index >= 15 is 0 Å². The molecule has 0 fully saturated rings. The lowest BCUT2D eigenvalue weighted by Gasteiger charge is -2.25. The lowest BCUT2D eigenvalue weighted by atomic mass is 9.86. The van der Waals surface area contributed by atoms with Crippen molar-refractivity contribution in [3.8, 4) is 11.5 Å². The second-order valence-electron chi connectivity index (χ2n) is 7.42. The molecule has 4 aromatic rings. The Bertz CT molecular complexity index is 1340. The van der Waals surface area contributed by atoms with E-state index in [0.717, 1.165) is 16.5 Å². The van der Waals surface area contributed by atoms with Crippen molar-refractivity contribution in [1.82, 2.24) is 4.98 Å². The van der Waals surface area contributed by atoms with E-state index in [2.05, 4.69) is 4.98 Å². The highest BCUT2D eigenvalue weighted by Gasteiger charge is 2.32. The van der Waals surface area contributed by atoms with Crippen LogP contribution in [0.3, 0.4) is 0 Å². The van der Waals surface area contributed by atoms with Crippen LogP contribution in [0.4, 0.5) is 0 Å². The number of para-hydroxylation sites is 1. The van der Waals surface area contributed by atoms with Gasteiger partial charge >= 0.3 is 5.97 Å². The van der Waals surface area contributed by atoms with Crippen molar-refractivity contribution in [1.29, 1.82) is 0 Å². The minimum atomic E-state index is -0.387. The lowest BCUT2D eigenvalue weighted by molar-refractivity contribution is -0.135. The number of H-pyrrole nitrogens is 1. The van der Waals surface area contributed by atoms with Crippen LogP contribution in [0.25, 0.3) is 10.9 Å². The van der Waals surface area contributed by atoms with Crippen LogP contribution in [0.5, 0.6) is 11.5 Å². The summed E-state index contributed by atoms with van der Waals surface area (Å²) in [6, 6.07) is 22.3. The van der Waals surface area contributed by atoms with Gasteiger partial charge in [0.15, 0.2) is 0 Å². The maximum absolute atomic E-state index is 12.8. The monoisotopic (exact) mass is 431 g/mol. The number of nitrogens with one attached hydrogen (secondary N) is 1. The summed E-state index contributed by atoms with van der Waals surface area (Å²) in [4.78, 5) is 28.1. The highest BCUT2D eigenvalue weighted by atomic mass is 35.5. The molecule has 1 aliphatic heterocycles. The lowest BCUT2D eigenvalue weighted by Crippen LogP contribution is -2.28. The van der Waals surface area contributed by atoms with E-state index in [4.69, 9.17) is 21.1 Å². The topological polar surface area (TPSA) is 68.4 Å². The van der Waals surface area contributed by atoms with Gasteiger partial charge in [0.1, 0.15) is 18.1 Å². The van der Waals surface area contributed by atoms with Gasteiger partial charge in [-0.3, -0.25) is 9.59 Å². The first-order chi connectivity index (χ1) is 15.1. The van der Waals surface area contributed by atoms with E-state index in [1.54, 1.807) is 6.07 Å². The van der Waals surface area contributed by atoms with Crippen LogP contribution in [0, 0.1) is 0 Å². The molecule has 154 valence electrons. The summed E-state index contributed by atoms with van der Waals surface area (Å²) < 4.78 is 11.3. The standard InChI is InChI=1S/C25H18ClNO4/c26-20-7-3-1-5-16(20)14-30-17-11-9-15(10-12-17)19-13-22(28)31-24-18-6-2-4-8-21(18)27-25(29)23(19)24/h1-12,19H,13-14H2,(H,27,29)/t19-/m0/s1. The fourth-order valence-electron chi connectivity index (χ4n) is 3.94. The van der Waals surface area contributed by atoms with Gasteiger partial charge in [0, 0.05) is 21.9 Å². The molecule has 0 radical (unpaired) electrons. The van der Waals surface area contributed by atoms with Gasteiger partial charge in [-0.1, -0.05) is 54.1 Å². The smallest absolute Gasteiger partial charge is 0.312 e. The number of halogens is 1. The molecule has 0 amide bonds. The van der Waals surface area contributed by atoms with Gasteiger partial charge in [-0.2, -0.15) is 0 Å². The minimum Gasteiger partial charge on any atom is -0.489 e. The van der Waals surface area contributed by atoms with E-state index in [0.29, 0.717) is 34.2 Å². The van der Waals surface area contributed by atoms with Crippen molar-refractivity contribution in [2.45, 2.75) is 18.9 Å². The Morgan fingerprint density at radius 3 is 2.52 bits per heavy atom. The quantitative estimate of drug-likeness (QED) is 0.451. The van der Waals surface area contributed by atoms with Gasteiger partial charge < -0.3 is 14.5 Å². The highest BCUT2D eigenvalue weighted by molar-refractivity contribution is 6.31. The number of aromatic amines is 1. The molecule has 1 aromatic heterocycles. The van der Waals surface area contributed by atoms with Gasteiger partial charge in [0.05, 0.1) is 17.5 Å². The molecular formula is C25H18ClNO4. The van der Waals surface area contributed by atoms with Crippen molar-refractivity contribution < 1.29 is 14.3 Å². The summed E-state index contributed by atoms with van der Waals surface area (Å²) in [5, 5.41) is 1.37. The van der Waals surface area contributed by atoms with Crippen LogP contribution in [0.15, 0.2) is 77.6 Å². The first-order valence-corrected chi connectivity index (χ1v) is 10.3. The van der Waals surface area contributed by atoms with Crippen LogP contribution in [0.1, 0.15) is 29.0 Å². The molecule has 5 rings (SSSR count). The third kappa shape index (κ3) is 3.68. The molecule has 5 nitrogen and oxygen atoms in total. The fourth-order valence-corrected chi connectivity index (χ4v) is 4.13. The number of hydrogen-bond donors (Lipinski definition) is 1. The second kappa shape index (κ2) is 7.93. The number of ether oxygens (including phenoxy) is 2. The van der Waals surface area contributed by atoms with Gasteiger partial charge in [0.2, 0.25) is 0 Å². The largest absolute Gasteiger partial charge is 0.489 e. The Labute approximate surface area is 183 Å². The summed E-state index contributed by atoms with van der Waals surface area (Å²) in [5.41, 5.74) is 2.62. The Morgan fingerprint density at radius 1 is 0.968 bits per heavy atom. The zero-order chi connectivity index (χ0) is 21.4. The second-order valence-corrected chi connectivity index (χ2v) is 7.83. The molecule has 0 saturated heterocycles. The Morgan fingerprint density at radius 2 is 1.71 bits per heavy atom. The molecule has 1 atom stereocenters. The molecule has 31 heavy (non-hydrogen) atoms. The molecule has 0 saturated carbocycles. The van der Waals surface area contributed by atoms with Gasteiger partial charge in [0.25, 0.3) is 5.56 Å². The zero-order valence-electron chi connectivity index (χ0n) is 16.4. The molecule has 0 unspecified atom stereocenters. The number of carbonyl (C=O) groups is 1. The maximum atomic E-state index is 12.8. The summed E-state index contributed by atoms with van der Waals surface area (Å²) in [6.07, 6.45) is 0.105. The van der Waals surface area contributed by atoms with Crippen LogP contribution in [-0.2, 0) is 11.4 Å². The molecule has 0 spiro atoms. The summed E-state index contributed by atoms with van der Waals surface area (Å²) in [6.45, 7) is 0.350. The van der Waals surface area contributed by atoms with Crippen LogP contribution in [0.2, 0.25) is 5.02 Å². The average molecular weight is 432 g/mol. The molecule has 0 bridgehead atoms. The average Bonchev–Trinajstić information content (AvgIpc) is 2.78. The third-order valence-electron chi connectivity index (χ3n) is 5.48. The van der Waals surface area contributed by atoms with Crippen molar-refractivity contribution in [2.75, 3.05) is 0 Å². The molecule has 2 heterocycles. The number of pyridine rings is 1. The molecule has 0 aliphatic carbocycles. The zero-order valence-corrected chi connectivity index (χ0v) is 17.2. The third-order valence-corrected chi connectivity index (χ3v) is 5.85. The van der Waals surface area contributed by atoms with Crippen LogP contribution >= 0.6 is 11.6 Å². The van der Waals surface area contributed by atoms with Crippen molar-refractivity contribution >= 4 is 28.5 Å². The number of benzene rings is 3. The molecule has 6 heteroatoms. The number of carbonyl (C=O) groups excluding carboxylic acids is 1. The molecule has 3 aromatic carbocycles. The van der Waals surface area contributed by atoms with E-state index < -0.39 is 0 Å². The van der Waals surface area contributed by atoms with E-state index in [1.807, 2.05) is 66.7 Å². The van der Waals surface area contributed by atoms with Gasteiger partial charge in [-0.15, -0.1) is 0 Å². The molecule has 1 N–H and O–H groups in total. The number of esters is 1. The fraction of sp³-hybridized carbons (Fsp3) is 0.120. The van der Waals surface area contributed by atoms with Crippen LogP contribution in [-0.4, -0.2) is 11.0 Å². The van der Waals surface area contributed by atoms with E-state index in [1.165, 1.54) is 0 Å². The van der Waals surface area contributed by atoms with E-state index in [-0.39, 0.29) is 23.9 Å². The van der Waals surface area contributed by atoms with Crippen molar-refractivity contribution in [2.24, 2.45) is 0 Å². The number of aromatic nitrogens is 1. The Kier molecular flexibility index (Phi) is 4.96. The number of hydrogen-bond acceptors (Lipinski definition) is 4. The predicted octanol–water partition coefficient (Wildman–Crippen LogP) is 5.20. The predicted molar refractivity (Wildman–Crippen MR) is 119 cm³/mol. The number of rotatable bonds is 4. The van der Waals surface area contributed by atoms with Crippen molar-refractivity contribution in [3.63, 3.8) is 0 Å². The Hall–Kier alpha value is -3.57. The first kappa shape index (κ1) is 19.4. The minimum absolute atomic E-state index is 0.105. The maximum Gasteiger partial charge on any atom is 0.312 e. The van der Waals surface area contributed by atoms with Gasteiger partial charge in [-0.05, 0) is 35.9 Å². The Balaban J connectivity index is 1.46. The SMILES string of the molecule is O=C1C[C@@H](c2ccc(OCc3ccccc3Cl)cc2)c2c(c3ccccc3[nH]c2=O)O1. The first-order valence-electron chi connectivity index (χ1n) is 9.92.